The third kappa shape index (κ3) is 2.75. The standard InChI is InChI=1S/C18H25N3O2/c1-12(20(2)3)13-7-8-14-16(10-13)21(11-23-4)18(22)15-6-5-9-19-17(14)15/h7-8,10,12,19H,5-6,9,11H2,1-4H3. The van der Waals surface area contributed by atoms with Crippen LogP contribution in [0.25, 0.3) is 10.9 Å². The molecular formula is C18H25N3O2. The zero-order chi connectivity index (χ0) is 16.6. The van der Waals surface area contributed by atoms with Crippen molar-refractivity contribution in [1.29, 1.82) is 0 Å². The van der Waals surface area contributed by atoms with Gasteiger partial charge in [0, 0.05) is 30.6 Å². The first-order chi connectivity index (χ1) is 11.0. The van der Waals surface area contributed by atoms with E-state index in [4.69, 9.17) is 4.74 Å². The lowest BCUT2D eigenvalue weighted by Gasteiger charge is -2.24. The van der Waals surface area contributed by atoms with E-state index in [1.807, 2.05) is 0 Å². The number of anilines is 1. The minimum atomic E-state index is 0.0659. The lowest BCUT2D eigenvalue weighted by atomic mass is 9.98. The van der Waals surface area contributed by atoms with Gasteiger partial charge in [-0.15, -0.1) is 0 Å². The van der Waals surface area contributed by atoms with Crippen LogP contribution in [0.3, 0.4) is 0 Å². The summed E-state index contributed by atoms with van der Waals surface area (Å²) in [5.74, 6) is 0. The van der Waals surface area contributed by atoms with E-state index in [-0.39, 0.29) is 18.3 Å². The zero-order valence-corrected chi connectivity index (χ0v) is 14.3. The first-order valence-corrected chi connectivity index (χ1v) is 8.13. The highest BCUT2D eigenvalue weighted by Gasteiger charge is 2.20. The van der Waals surface area contributed by atoms with E-state index in [0.29, 0.717) is 0 Å². The first kappa shape index (κ1) is 16.0. The van der Waals surface area contributed by atoms with Gasteiger partial charge in [-0.1, -0.05) is 12.1 Å². The SMILES string of the molecule is COCn1c(=O)c2c(c3ccc(C(C)N(C)C)cc31)NCCC2. The summed E-state index contributed by atoms with van der Waals surface area (Å²) in [6, 6.07) is 6.70. The van der Waals surface area contributed by atoms with Crippen molar-refractivity contribution in [2.24, 2.45) is 0 Å². The second-order valence-electron chi connectivity index (χ2n) is 6.45. The average Bonchev–Trinajstić information content (AvgIpc) is 2.57. The van der Waals surface area contributed by atoms with Crippen LogP contribution in [0, 0.1) is 0 Å². The molecule has 5 nitrogen and oxygen atoms in total. The predicted octanol–water partition coefficient (Wildman–Crippen LogP) is 2.59. The molecular weight excluding hydrogens is 290 g/mol. The number of hydrogen-bond donors (Lipinski definition) is 1. The summed E-state index contributed by atoms with van der Waals surface area (Å²) in [6.45, 7) is 3.37. The van der Waals surface area contributed by atoms with Gasteiger partial charge in [-0.25, -0.2) is 0 Å². The molecule has 1 N–H and O–H groups in total. The molecule has 0 fully saturated rings. The van der Waals surface area contributed by atoms with Crippen molar-refractivity contribution in [3.8, 4) is 0 Å². The Hall–Kier alpha value is -1.85. The lowest BCUT2D eigenvalue weighted by Crippen LogP contribution is -2.29. The van der Waals surface area contributed by atoms with Gasteiger partial charge in [0.1, 0.15) is 6.73 Å². The lowest BCUT2D eigenvalue weighted by molar-refractivity contribution is 0.131. The Morgan fingerprint density at radius 3 is 2.87 bits per heavy atom. The molecule has 23 heavy (non-hydrogen) atoms. The Balaban J connectivity index is 2.29. The van der Waals surface area contributed by atoms with Crippen molar-refractivity contribution in [2.45, 2.75) is 32.5 Å². The summed E-state index contributed by atoms with van der Waals surface area (Å²) in [6.07, 6.45) is 1.83. The minimum absolute atomic E-state index is 0.0659. The summed E-state index contributed by atoms with van der Waals surface area (Å²) in [5.41, 5.74) is 4.09. The number of benzene rings is 1. The van der Waals surface area contributed by atoms with Gasteiger partial charge in [0.15, 0.2) is 0 Å². The zero-order valence-electron chi connectivity index (χ0n) is 14.3. The largest absolute Gasteiger partial charge is 0.384 e. The number of fused-ring (bicyclic) bond motifs is 3. The normalized spacial score (nSPS) is 15.5. The van der Waals surface area contributed by atoms with Gasteiger partial charge in [0.2, 0.25) is 0 Å². The molecule has 1 unspecified atom stereocenters. The van der Waals surface area contributed by atoms with Crippen LogP contribution in [0.15, 0.2) is 23.0 Å². The fourth-order valence-corrected chi connectivity index (χ4v) is 3.25. The van der Waals surface area contributed by atoms with E-state index in [2.05, 4.69) is 49.4 Å². The number of aromatic nitrogens is 1. The molecule has 0 amide bonds. The van der Waals surface area contributed by atoms with Crippen LogP contribution in [0.5, 0.6) is 0 Å². The van der Waals surface area contributed by atoms with Crippen LogP contribution in [0.2, 0.25) is 0 Å². The molecule has 0 radical (unpaired) electrons. The first-order valence-electron chi connectivity index (χ1n) is 8.13. The van der Waals surface area contributed by atoms with Gasteiger partial charge in [-0.05, 0) is 45.5 Å². The van der Waals surface area contributed by atoms with Gasteiger partial charge >= 0.3 is 0 Å². The number of rotatable bonds is 4. The number of nitrogens with zero attached hydrogens (tertiary/aromatic N) is 2. The van der Waals surface area contributed by atoms with Crippen molar-refractivity contribution in [3.63, 3.8) is 0 Å². The number of hydrogen-bond acceptors (Lipinski definition) is 4. The van der Waals surface area contributed by atoms with Gasteiger partial charge in [-0.3, -0.25) is 9.36 Å². The molecule has 124 valence electrons. The monoisotopic (exact) mass is 315 g/mol. The van der Waals surface area contributed by atoms with Gasteiger partial charge < -0.3 is 15.0 Å². The average molecular weight is 315 g/mol. The summed E-state index contributed by atoms with van der Waals surface area (Å²) in [4.78, 5) is 15.0. The van der Waals surface area contributed by atoms with E-state index in [1.54, 1.807) is 11.7 Å². The Morgan fingerprint density at radius 2 is 2.17 bits per heavy atom. The molecule has 1 aromatic heterocycles. The van der Waals surface area contributed by atoms with Gasteiger partial charge in [0.25, 0.3) is 5.56 Å². The number of methoxy groups -OCH3 is 1. The van der Waals surface area contributed by atoms with Crippen LogP contribution in [0.4, 0.5) is 5.69 Å². The maximum atomic E-state index is 12.9. The summed E-state index contributed by atoms with van der Waals surface area (Å²) in [7, 11) is 5.75. The number of ether oxygens (including phenoxy) is 1. The predicted molar refractivity (Wildman–Crippen MR) is 94.1 cm³/mol. The van der Waals surface area contributed by atoms with E-state index < -0.39 is 0 Å². The Morgan fingerprint density at radius 1 is 1.39 bits per heavy atom. The van der Waals surface area contributed by atoms with E-state index in [0.717, 1.165) is 41.5 Å². The molecule has 2 aromatic rings. The topological polar surface area (TPSA) is 46.5 Å². The Kier molecular flexibility index (Phi) is 4.41. The highest BCUT2D eigenvalue weighted by atomic mass is 16.5. The molecule has 0 saturated carbocycles. The van der Waals surface area contributed by atoms with Gasteiger partial charge in [-0.2, -0.15) is 0 Å². The quantitative estimate of drug-likeness (QED) is 0.942. The van der Waals surface area contributed by atoms with Crippen LogP contribution < -0.4 is 10.9 Å². The smallest absolute Gasteiger partial charge is 0.258 e. The van der Waals surface area contributed by atoms with Crippen LogP contribution >= 0.6 is 0 Å². The van der Waals surface area contributed by atoms with E-state index >= 15 is 0 Å². The molecule has 2 heterocycles. The molecule has 1 aliphatic heterocycles. The van der Waals surface area contributed by atoms with Crippen molar-refractivity contribution >= 4 is 16.6 Å². The maximum Gasteiger partial charge on any atom is 0.258 e. The highest BCUT2D eigenvalue weighted by molar-refractivity contribution is 5.94. The second kappa shape index (κ2) is 6.34. The summed E-state index contributed by atoms with van der Waals surface area (Å²) >= 11 is 0. The third-order valence-electron chi connectivity index (χ3n) is 4.81. The molecule has 0 saturated heterocycles. The molecule has 5 heteroatoms. The van der Waals surface area contributed by atoms with Crippen molar-refractivity contribution in [2.75, 3.05) is 33.1 Å². The van der Waals surface area contributed by atoms with E-state index in [9.17, 15) is 4.79 Å². The Labute approximate surface area is 136 Å². The highest BCUT2D eigenvalue weighted by Crippen LogP contribution is 2.31. The molecule has 0 aliphatic carbocycles. The van der Waals surface area contributed by atoms with Crippen LogP contribution in [-0.2, 0) is 17.9 Å². The van der Waals surface area contributed by atoms with Crippen molar-refractivity contribution in [3.05, 3.63) is 39.7 Å². The van der Waals surface area contributed by atoms with Gasteiger partial charge in [0.05, 0.1) is 11.2 Å². The molecule has 1 aliphatic rings. The molecule has 1 atom stereocenters. The molecule has 1 aromatic carbocycles. The second-order valence-corrected chi connectivity index (χ2v) is 6.45. The fourth-order valence-electron chi connectivity index (χ4n) is 3.25. The molecule has 0 spiro atoms. The fraction of sp³-hybridized carbons (Fsp3) is 0.500. The summed E-state index contributed by atoms with van der Waals surface area (Å²) in [5, 5.41) is 4.53. The minimum Gasteiger partial charge on any atom is -0.384 e. The summed E-state index contributed by atoms with van der Waals surface area (Å²) < 4.78 is 7.04. The van der Waals surface area contributed by atoms with E-state index in [1.165, 1.54) is 5.56 Å². The third-order valence-corrected chi connectivity index (χ3v) is 4.81. The molecule has 0 bridgehead atoms. The van der Waals surface area contributed by atoms with Crippen molar-refractivity contribution in [1.82, 2.24) is 9.47 Å². The Bertz CT molecular complexity index is 780. The number of pyridine rings is 1. The van der Waals surface area contributed by atoms with Crippen molar-refractivity contribution < 1.29 is 4.74 Å². The maximum absolute atomic E-state index is 12.9. The molecule has 3 rings (SSSR count). The number of nitrogens with one attached hydrogen (secondary N) is 1. The van der Waals surface area contributed by atoms with Crippen LogP contribution in [-0.4, -0.2) is 37.2 Å². The van der Waals surface area contributed by atoms with Crippen LogP contribution in [0.1, 0.15) is 30.5 Å².